The Morgan fingerprint density at radius 3 is 2.82 bits per heavy atom. The highest BCUT2D eigenvalue weighted by Gasteiger charge is 2.02. The van der Waals surface area contributed by atoms with Crippen molar-refractivity contribution in [2.24, 2.45) is 0 Å². The highest BCUT2D eigenvalue weighted by Crippen LogP contribution is 2.11. The fraction of sp³-hybridized carbons (Fsp3) is 0.462. The number of carbonyl (C=O) groups is 1. The van der Waals surface area contributed by atoms with Crippen molar-refractivity contribution in [3.63, 3.8) is 0 Å². The Morgan fingerprint density at radius 1 is 1.41 bits per heavy atom. The van der Waals surface area contributed by atoms with Gasteiger partial charge in [-0.3, -0.25) is 4.79 Å². The predicted octanol–water partition coefficient (Wildman–Crippen LogP) is 2.41. The third kappa shape index (κ3) is 5.84. The first kappa shape index (κ1) is 14.2. The Bertz CT molecular complexity index is 366. The summed E-state index contributed by atoms with van der Waals surface area (Å²) in [5.41, 5.74) is 1.25. The Balaban J connectivity index is 2.14. The Kier molecular flexibility index (Phi) is 6.22. The molecule has 0 unspecified atom stereocenters. The van der Waals surface area contributed by atoms with Crippen LogP contribution in [0.4, 0.5) is 0 Å². The molecule has 0 aliphatic heterocycles. The van der Waals surface area contributed by atoms with Crippen molar-refractivity contribution in [3.05, 3.63) is 34.3 Å². The molecule has 0 saturated heterocycles. The molecule has 17 heavy (non-hydrogen) atoms. The van der Waals surface area contributed by atoms with E-state index in [2.05, 4.69) is 33.4 Å². The molecular formula is C13H19BrN2O. The molecular weight excluding hydrogens is 280 g/mol. The highest BCUT2D eigenvalue weighted by atomic mass is 79.9. The summed E-state index contributed by atoms with van der Waals surface area (Å²) in [6, 6.07) is 8.22. The summed E-state index contributed by atoms with van der Waals surface area (Å²) in [7, 11) is 3.58. The molecule has 0 spiro atoms. The standard InChI is InChI=1S/C13H19BrN2O/c1-16(2)13(17)7-4-8-15-10-11-5-3-6-12(14)9-11/h3,5-6,9,15H,4,7-8,10H2,1-2H3. The molecule has 0 fully saturated rings. The molecule has 0 aliphatic rings. The lowest BCUT2D eigenvalue weighted by atomic mass is 10.2. The van der Waals surface area contributed by atoms with Gasteiger partial charge in [-0.1, -0.05) is 28.1 Å². The molecule has 1 N–H and O–H groups in total. The van der Waals surface area contributed by atoms with Crippen molar-refractivity contribution in [1.29, 1.82) is 0 Å². The molecule has 0 aliphatic carbocycles. The number of carbonyl (C=O) groups excluding carboxylic acids is 1. The van der Waals surface area contributed by atoms with Crippen LogP contribution in [0.1, 0.15) is 18.4 Å². The van der Waals surface area contributed by atoms with Crippen molar-refractivity contribution in [1.82, 2.24) is 10.2 Å². The van der Waals surface area contributed by atoms with E-state index in [-0.39, 0.29) is 5.91 Å². The lowest BCUT2D eigenvalue weighted by Crippen LogP contribution is -2.23. The average molecular weight is 299 g/mol. The van der Waals surface area contributed by atoms with Gasteiger partial charge in [-0.25, -0.2) is 0 Å². The van der Waals surface area contributed by atoms with Crippen LogP contribution in [-0.4, -0.2) is 31.4 Å². The maximum absolute atomic E-state index is 11.3. The normalized spacial score (nSPS) is 10.3. The summed E-state index contributed by atoms with van der Waals surface area (Å²) in [4.78, 5) is 12.9. The van der Waals surface area contributed by atoms with Crippen molar-refractivity contribution >= 4 is 21.8 Å². The molecule has 1 aromatic carbocycles. The molecule has 0 saturated carbocycles. The molecule has 3 nitrogen and oxygen atoms in total. The summed E-state index contributed by atoms with van der Waals surface area (Å²) in [5.74, 6) is 0.189. The van der Waals surface area contributed by atoms with Crippen LogP contribution in [-0.2, 0) is 11.3 Å². The third-order valence-electron chi connectivity index (χ3n) is 2.46. The smallest absolute Gasteiger partial charge is 0.222 e. The van der Waals surface area contributed by atoms with E-state index in [0.29, 0.717) is 6.42 Å². The van der Waals surface area contributed by atoms with Gasteiger partial charge in [-0.2, -0.15) is 0 Å². The second-order valence-corrected chi connectivity index (χ2v) is 5.11. The van der Waals surface area contributed by atoms with Crippen LogP contribution in [0, 0.1) is 0 Å². The van der Waals surface area contributed by atoms with Gasteiger partial charge in [0.1, 0.15) is 0 Å². The molecule has 1 aromatic rings. The van der Waals surface area contributed by atoms with Gasteiger partial charge >= 0.3 is 0 Å². The highest BCUT2D eigenvalue weighted by molar-refractivity contribution is 9.10. The summed E-state index contributed by atoms with van der Waals surface area (Å²) >= 11 is 3.44. The first-order valence-electron chi connectivity index (χ1n) is 5.75. The average Bonchev–Trinajstić information content (AvgIpc) is 2.28. The van der Waals surface area contributed by atoms with Crippen molar-refractivity contribution in [2.45, 2.75) is 19.4 Å². The van der Waals surface area contributed by atoms with Gasteiger partial charge in [0.15, 0.2) is 0 Å². The number of hydrogen-bond donors (Lipinski definition) is 1. The van der Waals surface area contributed by atoms with Crippen molar-refractivity contribution < 1.29 is 4.79 Å². The molecule has 94 valence electrons. The Labute approximate surface area is 111 Å². The van der Waals surface area contributed by atoms with Crippen LogP contribution >= 0.6 is 15.9 Å². The first-order valence-corrected chi connectivity index (χ1v) is 6.54. The zero-order valence-electron chi connectivity index (χ0n) is 10.4. The third-order valence-corrected chi connectivity index (χ3v) is 2.95. The van der Waals surface area contributed by atoms with Gasteiger partial charge < -0.3 is 10.2 Å². The van der Waals surface area contributed by atoms with Crippen LogP contribution in [0.25, 0.3) is 0 Å². The Hall–Kier alpha value is -0.870. The zero-order valence-corrected chi connectivity index (χ0v) is 12.0. The number of benzene rings is 1. The minimum Gasteiger partial charge on any atom is -0.349 e. The van der Waals surface area contributed by atoms with Gasteiger partial charge in [0.2, 0.25) is 5.91 Å². The number of rotatable bonds is 6. The maximum atomic E-state index is 11.3. The molecule has 4 heteroatoms. The van der Waals surface area contributed by atoms with Gasteiger partial charge in [-0.15, -0.1) is 0 Å². The second kappa shape index (κ2) is 7.45. The SMILES string of the molecule is CN(C)C(=O)CCCNCc1cccc(Br)c1. The van der Waals surface area contributed by atoms with Crippen LogP contribution in [0.3, 0.4) is 0 Å². The van der Waals surface area contributed by atoms with E-state index in [9.17, 15) is 4.79 Å². The summed E-state index contributed by atoms with van der Waals surface area (Å²) in [6.45, 7) is 1.71. The number of nitrogens with zero attached hydrogens (tertiary/aromatic N) is 1. The summed E-state index contributed by atoms with van der Waals surface area (Å²) in [6.07, 6.45) is 1.49. The van der Waals surface area contributed by atoms with E-state index in [1.165, 1.54) is 5.56 Å². The lowest BCUT2D eigenvalue weighted by Gasteiger charge is -2.10. The monoisotopic (exact) mass is 298 g/mol. The van der Waals surface area contributed by atoms with E-state index in [0.717, 1.165) is 24.0 Å². The van der Waals surface area contributed by atoms with Crippen molar-refractivity contribution in [3.8, 4) is 0 Å². The second-order valence-electron chi connectivity index (χ2n) is 4.20. The van der Waals surface area contributed by atoms with Crippen LogP contribution in [0.15, 0.2) is 28.7 Å². The molecule has 1 rings (SSSR count). The van der Waals surface area contributed by atoms with Crippen molar-refractivity contribution in [2.75, 3.05) is 20.6 Å². The van der Waals surface area contributed by atoms with Gasteiger partial charge in [0, 0.05) is 31.5 Å². The molecule has 0 heterocycles. The zero-order chi connectivity index (χ0) is 12.7. The number of halogens is 1. The van der Waals surface area contributed by atoms with Crippen LogP contribution < -0.4 is 5.32 Å². The summed E-state index contributed by atoms with van der Waals surface area (Å²) < 4.78 is 1.10. The molecule has 1 amide bonds. The fourth-order valence-electron chi connectivity index (χ4n) is 1.47. The van der Waals surface area contributed by atoms with Gasteiger partial charge in [0.05, 0.1) is 0 Å². The molecule has 0 radical (unpaired) electrons. The minimum absolute atomic E-state index is 0.189. The molecule has 0 aromatic heterocycles. The maximum Gasteiger partial charge on any atom is 0.222 e. The van der Waals surface area contributed by atoms with E-state index < -0.39 is 0 Å². The van der Waals surface area contributed by atoms with E-state index in [4.69, 9.17) is 0 Å². The predicted molar refractivity (Wildman–Crippen MR) is 73.8 cm³/mol. The largest absolute Gasteiger partial charge is 0.349 e. The number of hydrogen-bond acceptors (Lipinski definition) is 2. The lowest BCUT2D eigenvalue weighted by molar-refractivity contribution is -0.128. The fourth-order valence-corrected chi connectivity index (χ4v) is 1.91. The topological polar surface area (TPSA) is 32.3 Å². The minimum atomic E-state index is 0.189. The molecule has 0 bridgehead atoms. The van der Waals surface area contributed by atoms with Crippen LogP contribution in [0.5, 0.6) is 0 Å². The van der Waals surface area contributed by atoms with E-state index in [1.807, 2.05) is 12.1 Å². The van der Waals surface area contributed by atoms with Gasteiger partial charge in [0.25, 0.3) is 0 Å². The number of nitrogens with one attached hydrogen (secondary N) is 1. The number of amides is 1. The molecule has 0 atom stereocenters. The van der Waals surface area contributed by atoms with Crippen LogP contribution in [0.2, 0.25) is 0 Å². The van der Waals surface area contributed by atoms with Gasteiger partial charge in [-0.05, 0) is 30.7 Å². The summed E-state index contributed by atoms with van der Waals surface area (Å²) in [5, 5.41) is 3.33. The van der Waals surface area contributed by atoms with E-state index in [1.54, 1.807) is 19.0 Å². The Morgan fingerprint density at radius 2 is 2.18 bits per heavy atom. The van der Waals surface area contributed by atoms with E-state index >= 15 is 0 Å². The quantitative estimate of drug-likeness (QED) is 0.818. The first-order chi connectivity index (χ1) is 8.09.